The Labute approximate surface area is 87.8 Å². The SMILES string of the molecule is O=C(O)N1CCC2(CNCCO2)C(O)C1. The summed E-state index contributed by atoms with van der Waals surface area (Å²) in [5, 5.41) is 21.9. The first-order valence-corrected chi connectivity index (χ1v) is 5.15. The quantitative estimate of drug-likeness (QED) is 0.488. The standard InChI is InChI=1S/C9H16N2O4/c12-7-5-11(8(13)14)3-1-9(7)6-10-2-4-15-9/h7,10,12H,1-6H2,(H,13,14). The van der Waals surface area contributed by atoms with Crippen LogP contribution in [0.3, 0.4) is 0 Å². The number of aliphatic hydroxyl groups is 1. The van der Waals surface area contributed by atoms with Crippen molar-refractivity contribution < 1.29 is 19.7 Å². The van der Waals surface area contributed by atoms with Gasteiger partial charge in [-0.1, -0.05) is 0 Å². The monoisotopic (exact) mass is 216 g/mol. The van der Waals surface area contributed by atoms with Crippen molar-refractivity contribution in [2.45, 2.75) is 18.1 Å². The number of hydrogen-bond donors (Lipinski definition) is 3. The van der Waals surface area contributed by atoms with Crippen molar-refractivity contribution in [3.05, 3.63) is 0 Å². The first kappa shape index (κ1) is 10.7. The summed E-state index contributed by atoms with van der Waals surface area (Å²) in [6.07, 6.45) is -1.17. The van der Waals surface area contributed by atoms with Crippen LogP contribution in [0.15, 0.2) is 0 Å². The van der Waals surface area contributed by atoms with Crippen LogP contribution in [-0.2, 0) is 4.74 Å². The number of ether oxygens (including phenoxy) is 1. The predicted octanol–water partition coefficient (Wildman–Crippen LogP) is -0.910. The van der Waals surface area contributed by atoms with Gasteiger partial charge in [-0.3, -0.25) is 0 Å². The Balaban J connectivity index is 2.02. The zero-order valence-corrected chi connectivity index (χ0v) is 8.48. The van der Waals surface area contributed by atoms with Gasteiger partial charge in [-0.25, -0.2) is 4.79 Å². The first-order chi connectivity index (χ1) is 7.14. The number of nitrogens with zero attached hydrogens (tertiary/aromatic N) is 1. The summed E-state index contributed by atoms with van der Waals surface area (Å²) in [6, 6.07) is 0. The fraction of sp³-hybridized carbons (Fsp3) is 0.889. The third-order valence-corrected chi connectivity index (χ3v) is 3.17. The van der Waals surface area contributed by atoms with Gasteiger partial charge in [0.05, 0.1) is 13.2 Å². The molecule has 2 saturated heterocycles. The van der Waals surface area contributed by atoms with Crippen molar-refractivity contribution in [3.8, 4) is 0 Å². The molecule has 0 saturated carbocycles. The fourth-order valence-electron chi connectivity index (χ4n) is 2.18. The summed E-state index contributed by atoms with van der Waals surface area (Å²) in [5.74, 6) is 0. The van der Waals surface area contributed by atoms with Crippen LogP contribution in [0.4, 0.5) is 4.79 Å². The minimum atomic E-state index is -0.979. The molecule has 2 heterocycles. The fourth-order valence-corrected chi connectivity index (χ4v) is 2.18. The molecule has 0 aromatic carbocycles. The number of likely N-dealkylation sites (tertiary alicyclic amines) is 1. The molecule has 2 atom stereocenters. The Morgan fingerprint density at radius 1 is 1.60 bits per heavy atom. The minimum absolute atomic E-state index is 0.136. The molecule has 0 aromatic rings. The average Bonchev–Trinajstić information content (AvgIpc) is 2.23. The van der Waals surface area contributed by atoms with E-state index in [0.29, 0.717) is 26.1 Å². The molecule has 2 unspecified atom stereocenters. The molecule has 1 amide bonds. The Hall–Kier alpha value is -0.850. The second kappa shape index (κ2) is 3.96. The summed E-state index contributed by atoms with van der Waals surface area (Å²) in [5.41, 5.74) is -0.579. The lowest BCUT2D eigenvalue weighted by molar-refractivity contribution is -0.163. The highest BCUT2D eigenvalue weighted by atomic mass is 16.5. The van der Waals surface area contributed by atoms with Crippen LogP contribution in [0.5, 0.6) is 0 Å². The van der Waals surface area contributed by atoms with Crippen molar-refractivity contribution in [3.63, 3.8) is 0 Å². The van der Waals surface area contributed by atoms with Crippen LogP contribution in [0.25, 0.3) is 0 Å². The summed E-state index contributed by atoms with van der Waals surface area (Å²) in [7, 11) is 0. The Kier molecular flexibility index (Phi) is 2.81. The van der Waals surface area contributed by atoms with Gasteiger partial charge < -0.3 is 25.2 Å². The van der Waals surface area contributed by atoms with Crippen LogP contribution in [0, 0.1) is 0 Å². The molecule has 0 aromatic heterocycles. The summed E-state index contributed by atoms with van der Waals surface area (Å²) in [6.45, 7) is 2.52. The lowest BCUT2D eigenvalue weighted by atomic mass is 9.87. The average molecular weight is 216 g/mol. The van der Waals surface area contributed by atoms with Crippen molar-refractivity contribution in [1.82, 2.24) is 10.2 Å². The molecule has 2 aliphatic rings. The molecule has 15 heavy (non-hydrogen) atoms. The molecular weight excluding hydrogens is 200 g/mol. The minimum Gasteiger partial charge on any atom is -0.465 e. The molecule has 6 nitrogen and oxygen atoms in total. The maximum absolute atomic E-state index is 10.7. The molecule has 2 fully saturated rings. The van der Waals surface area contributed by atoms with Crippen molar-refractivity contribution >= 4 is 6.09 Å². The van der Waals surface area contributed by atoms with Gasteiger partial charge in [0.15, 0.2) is 0 Å². The van der Waals surface area contributed by atoms with Crippen LogP contribution < -0.4 is 5.32 Å². The van der Waals surface area contributed by atoms with Gasteiger partial charge in [-0.15, -0.1) is 0 Å². The molecular formula is C9H16N2O4. The Morgan fingerprint density at radius 2 is 2.40 bits per heavy atom. The van der Waals surface area contributed by atoms with E-state index < -0.39 is 17.8 Å². The highest BCUT2D eigenvalue weighted by Crippen LogP contribution is 2.27. The van der Waals surface area contributed by atoms with Gasteiger partial charge in [0.2, 0.25) is 0 Å². The zero-order valence-electron chi connectivity index (χ0n) is 8.48. The second-order valence-corrected chi connectivity index (χ2v) is 4.08. The number of nitrogens with one attached hydrogen (secondary N) is 1. The molecule has 3 N–H and O–H groups in total. The van der Waals surface area contributed by atoms with E-state index in [2.05, 4.69) is 5.32 Å². The van der Waals surface area contributed by atoms with E-state index in [0.717, 1.165) is 6.54 Å². The molecule has 6 heteroatoms. The Morgan fingerprint density at radius 3 is 2.93 bits per heavy atom. The summed E-state index contributed by atoms with van der Waals surface area (Å²) in [4.78, 5) is 12.0. The number of morpholine rings is 1. The largest absolute Gasteiger partial charge is 0.465 e. The number of aliphatic hydroxyl groups excluding tert-OH is 1. The van der Waals surface area contributed by atoms with Gasteiger partial charge in [-0.05, 0) is 6.42 Å². The van der Waals surface area contributed by atoms with Crippen molar-refractivity contribution in [1.29, 1.82) is 0 Å². The third kappa shape index (κ3) is 1.92. The zero-order chi connectivity index (χ0) is 10.9. The van der Waals surface area contributed by atoms with Crippen LogP contribution >= 0.6 is 0 Å². The van der Waals surface area contributed by atoms with E-state index in [-0.39, 0.29) is 6.54 Å². The maximum atomic E-state index is 10.7. The summed E-state index contributed by atoms with van der Waals surface area (Å²) < 4.78 is 5.61. The van der Waals surface area contributed by atoms with E-state index in [1.54, 1.807) is 0 Å². The number of carbonyl (C=O) groups is 1. The predicted molar refractivity (Wildman–Crippen MR) is 51.8 cm³/mol. The lowest BCUT2D eigenvalue weighted by Gasteiger charge is -2.46. The van der Waals surface area contributed by atoms with Gasteiger partial charge in [0.25, 0.3) is 0 Å². The van der Waals surface area contributed by atoms with Gasteiger partial charge in [0.1, 0.15) is 11.7 Å². The number of carboxylic acid groups (broad SMARTS) is 1. The highest BCUT2D eigenvalue weighted by Gasteiger charge is 2.45. The second-order valence-electron chi connectivity index (χ2n) is 4.08. The lowest BCUT2D eigenvalue weighted by Crippen LogP contribution is -2.64. The van der Waals surface area contributed by atoms with Gasteiger partial charge >= 0.3 is 6.09 Å². The van der Waals surface area contributed by atoms with Gasteiger partial charge in [0, 0.05) is 19.6 Å². The van der Waals surface area contributed by atoms with Gasteiger partial charge in [-0.2, -0.15) is 0 Å². The molecule has 0 bridgehead atoms. The van der Waals surface area contributed by atoms with Crippen LogP contribution in [-0.4, -0.2) is 65.7 Å². The number of piperidine rings is 1. The highest BCUT2D eigenvalue weighted by molar-refractivity contribution is 5.65. The van der Waals surface area contributed by atoms with Crippen LogP contribution in [0.2, 0.25) is 0 Å². The maximum Gasteiger partial charge on any atom is 0.407 e. The van der Waals surface area contributed by atoms with Crippen molar-refractivity contribution in [2.75, 3.05) is 32.8 Å². The normalized spacial score (nSPS) is 36.9. The molecule has 2 aliphatic heterocycles. The number of amides is 1. The molecule has 0 aliphatic carbocycles. The number of hydrogen-bond acceptors (Lipinski definition) is 4. The molecule has 0 radical (unpaired) electrons. The third-order valence-electron chi connectivity index (χ3n) is 3.17. The first-order valence-electron chi connectivity index (χ1n) is 5.15. The smallest absolute Gasteiger partial charge is 0.407 e. The Bertz CT molecular complexity index is 252. The van der Waals surface area contributed by atoms with E-state index in [1.807, 2.05) is 0 Å². The number of β-amino-alcohol motifs (C(OH)–C–C–N with tert-alkyl or cyclic N) is 1. The molecule has 1 spiro atoms. The van der Waals surface area contributed by atoms with E-state index >= 15 is 0 Å². The molecule has 2 rings (SSSR count). The van der Waals surface area contributed by atoms with Crippen LogP contribution in [0.1, 0.15) is 6.42 Å². The van der Waals surface area contributed by atoms with E-state index in [9.17, 15) is 9.90 Å². The summed E-state index contributed by atoms with van der Waals surface area (Å²) >= 11 is 0. The van der Waals surface area contributed by atoms with E-state index in [1.165, 1.54) is 4.90 Å². The van der Waals surface area contributed by atoms with E-state index in [4.69, 9.17) is 9.84 Å². The number of rotatable bonds is 0. The topological polar surface area (TPSA) is 82.0 Å². The molecule has 86 valence electrons. The van der Waals surface area contributed by atoms with Crippen molar-refractivity contribution in [2.24, 2.45) is 0 Å².